The molecule has 0 bridgehead atoms. The maximum atomic E-state index is 11.4. The van der Waals surface area contributed by atoms with Gasteiger partial charge in [0.15, 0.2) is 5.78 Å². The highest BCUT2D eigenvalue weighted by Crippen LogP contribution is 2.37. The number of nitriles is 1. The van der Waals surface area contributed by atoms with Gasteiger partial charge in [-0.25, -0.2) is 0 Å². The summed E-state index contributed by atoms with van der Waals surface area (Å²) >= 11 is 0. The minimum absolute atomic E-state index is 0.0991. The third-order valence-electron chi connectivity index (χ3n) is 2.49. The largest absolute Gasteiger partial charge is 0.385 e. The fraction of sp³-hybridized carbons (Fsp3) is 0.778. The molecule has 0 spiro atoms. The lowest BCUT2D eigenvalue weighted by molar-refractivity contribution is -0.124. The van der Waals surface area contributed by atoms with Crippen molar-refractivity contribution in [1.82, 2.24) is 0 Å². The topological polar surface area (TPSA) is 50.1 Å². The van der Waals surface area contributed by atoms with Crippen LogP contribution in [0.4, 0.5) is 0 Å². The lowest BCUT2D eigenvalue weighted by Crippen LogP contribution is -2.25. The number of hydrogen-bond donors (Lipinski definition) is 0. The maximum Gasteiger partial charge on any atom is 0.153 e. The van der Waals surface area contributed by atoms with E-state index in [-0.39, 0.29) is 5.78 Å². The highest BCUT2D eigenvalue weighted by molar-refractivity contribution is 5.89. The second-order valence-corrected chi connectivity index (χ2v) is 3.21. The van der Waals surface area contributed by atoms with Crippen LogP contribution in [0.15, 0.2) is 0 Å². The average molecular weight is 167 g/mol. The molecule has 0 aromatic carbocycles. The number of rotatable bonds is 3. The van der Waals surface area contributed by atoms with E-state index >= 15 is 0 Å². The van der Waals surface area contributed by atoms with E-state index in [1.807, 2.05) is 0 Å². The van der Waals surface area contributed by atoms with Crippen LogP contribution >= 0.6 is 0 Å². The summed E-state index contributed by atoms with van der Waals surface area (Å²) < 4.78 is 4.88. The number of Topliss-reactive ketones (excluding diaryl/α,β-unsaturated/α-hetero) is 1. The molecule has 1 unspecified atom stereocenters. The Balaban J connectivity index is 2.63. The molecule has 1 fully saturated rings. The highest BCUT2D eigenvalue weighted by atomic mass is 16.5. The summed E-state index contributed by atoms with van der Waals surface area (Å²) in [5.41, 5.74) is -0.712. The van der Waals surface area contributed by atoms with E-state index in [1.165, 1.54) is 0 Å². The molecule has 3 nitrogen and oxygen atoms in total. The van der Waals surface area contributed by atoms with Gasteiger partial charge in [-0.2, -0.15) is 5.26 Å². The van der Waals surface area contributed by atoms with Gasteiger partial charge in [0.2, 0.25) is 0 Å². The lowest BCUT2D eigenvalue weighted by atomic mass is 9.84. The number of carbonyl (C=O) groups is 1. The second-order valence-electron chi connectivity index (χ2n) is 3.21. The summed E-state index contributed by atoms with van der Waals surface area (Å²) in [6, 6.07) is 2.13. The number of ether oxygens (including phenoxy) is 1. The van der Waals surface area contributed by atoms with E-state index in [0.29, 0.717) is 25.9 Å². The molecule has 1 aliphatic rings. The fourth-order valence-electron chi connectivity index (χ4n) is 1.64. The van der Waals surface area contributed by atoms with E-state index in [2.05, 4.69) is 6.07 Å². The van der Waals surface area contributed by atoms with Crippen molar-refractivity contribution >= 4 is 5.78 Å². The van der Waals surface area contributed by atoms with Gasteiger partial charge in [-0.05, 0) is 19.3 Å². The fourth-order valence-corrected chi connectivity index (χ4v) is 1.64. The number of hydrogen-bond acceptors (Lipinski definition) is 3. The lowest BCUT2D eigenvalue weighted by Gasteiger charge is -2.17. The summed E-state index contributed by atoms with van der Waals surface area (Å²) in [4.78, 5) is 11.4. The summed E-state index contributed by atoms with van der Waals surface area (Å²) in [5.74, 6) is 0.0991. The second kappa shape index (κ2) is 3.68. The molecule has 0 saturated heterocycles. The van der Waals surface area contributed by atoms with Gasteiger partial charge in [0.05, 0.1) is 6.07 Å². The Morgan fingerprint density at radius 2 is 2.50 bits per heavy atom. The van der Waals surface area contributed by atoms with Crippen LogP contribution in [0, 0.1) is 16.7 Å². The van der Waals surface area contributed by atoms with Gasteiger partial charge in [-0.3, -0.25) is 4.79 Å². The van der Waals surface area contributed by atoms with E-state index < -0.39 is 5.41 Å². The van der Waals surface area contributed by atoms with Crippen LogP contribution in [-0.2, 0) is 9.53 Å². The van der Waals surface area contributed by atoms with Gasteiger partial charge in [-0.15, -0.1) is 0 Å². The van der Waals surface area contributed by atoms with Crippen molar-refractivity contribution in [3.8, 4) is 6.07 Å². The van der Waals surface area contributed by atoms with E-state index in [0.717, 1.165) is 6.42 Å². The molecule has 1 saturated carbocycles. The predicted molar refractivity (Wildman–Crippen MR) is 43.4 cm³/mol. The van der Waals surface area contributed by atoms with Crippen LogP contribution in [0.5, 0.6) is 0 Å². The number of carbonyl (C=O) groups excluding carboxylic acids is 1. The number of nitrogens with zero attached hydrogens (tertiary/aromatic N) is 1. The Kier molecular flexibility index (Phi) is 2.83. The first-order chi connectivity index (χ1) is 5.75. The zero-order valence-electron chi connectivity index (χ0n) is 7.30. The smallest absolute Gasteiger partial charge is 0.153 e. The van der Waals surface area contributed by atoms with Crippen molar-refractivity contribution in [3.05, 3.63) is 0 Å². The van der Waals surface area contributed by atoms with Crippen LogP contribution in [0.2, 0.25) is 0 Å². The molecule has 0 heterocycles. The zero-order valence-corrected chi connectivity index (χ0v) is 7.30. The molecular formula is C9H13NO2. The molecule has 12 heavy (non-hydrogen) atoms. The van der Waals surface area contributed by atoms with Crippen LogP contribution in [0.25, 0.3) is 0 Å². The molecule has 3 heteroatoms. The molecule has 0 aliphatic heterocycles. The zero-order chi connectivity index (χ0) is 9.03. The van der Waals surface area contributed by atoms with Crippen LogP contribution in [0.1, 0.15) is 25.7 Å². The van der Waals surface area contributed by atoms with E-state index in [9.17, 15) is 4.79 Å². The molecule has 1 rings (SSSR count). The Hall–Kier alpha value is -0.880. The molecule has 0 N–H and O–H groups in total. The van der Waals surface area contributed by atoms with E-state index in [4.69, 9.17) is 10.00 Å². The molecular weight excluding hydrogens is 154 g/mol. The normalized spacial score (nSPS) is 28.8. The van der Waals surface area contributed by atoms with Crippen molar-refractivity contribution in [1.29, 1.82) is 5.26 Å². The maximum absolute atomic E-state index is 11.4. The van der Waals surface area contributed by atoms with E-state index in [1.54, 1.807) is 7.11 Å². The monoisotopic (exact) mass is 167 g/mol. The van der Waals surface area contributed by atoms with Gasteiger partial charge in [0.1, 0.15) is 5.41 Å². The Labute approximate surface area is 72.3 Å². The van der Waals surface area contributed by atoms with Gasteiger partial charge >= 0.3 is 0 Å². The molecule has 0 aromatic heterocycles. The van der Waals surface area contributed by atoms with Gasteiger partial charge in [-0.1, -0.05) is 0 Å². The Morgan fingerprint density at radius 1 is 1.75 bits per heavy atom. The molecule has 1 aliphatic carbocycles. The summed E-state index contributed by atoms with van der Waals surface area (Å²) in [7, 11) is 1.59. The Morgan fingerprint density at radius 3 is 2.92 bits per heavy atom. The van der Waals surface area contributed by atoms with Crippen LogP contribution in [-0.4, -0.2) is 19.5 Å². The van der Waals surface area contributed by atoms with Crippen molar-refractivity contribution in [3.63, 3.8) is 0 Å². The van der Waals surface area contributed by atoms with Crippen molar-refractivity contribution < 1.29 is 9.53 Å². The third-order valence-corrected chi connectivity index (χ3v) is 2.49. The van der Waals surface area contributed by atoms with Crippen molar-refractivity contribution in [2.75, 3.05) is 13.7 Å². The number of methoxy groups -OCH3 is 1. The van der Waals surface area contributed by atoms with Crippen molar-refractivity contribution in [2.45, 2.75) is 25.7 Å². The molecule has 1 atom stereocenters. The van der Waals surface area contributed by atoms with Crippen LogP contribution < -0.4 is 0 Å². The molecule has 0 amide bonds. The average Bonchev–Trinajstić information content (AvgIpc) is 2.45. The van der Waals surface area contributed by atoms with Gasteiger partial charge in [0.25, 0.3) is 0 Å². The first kappa shape index (κ1) is 9.21. The first-order valence-electron chi connectivity index (χ1n) is 4.19. The summed E-state index contributed by atoms with van der Waals surface area (Å²) in [6.45, 7) is 0.499. The Bertz CT molecular complexity index is 219. The predicted octanol–water partition coefficient (Wildman–Crippen LogP) is 1.29. The third kappa shape index (κ3) is 1.49. The highest BCUT2D eigenvalue weighted by Gasteiger charge is 2.41. The van der Waals surface area contributed by atoms with Gasteiger partial charge < -0.3 is 4.74 Å². The summed E-state index contributed by atoms with van der Waals surface area (Å²) in [6.07, 6.45) is 2.69. The molecule has 0 aromatic rings. The molecule has 0 radical (unpaired) electrons. The number of ketones is 1. The van der Waals surface area contributed by atoms with Crippen LogP contribution in [0.3, 0.4) is 0 Å². The molecule has 66 valence electrons. The SMILES string of the molecule is COCCC1(C#N)CCCC1=O. The minimum atomic E-state index is -0.712. The van der Waals surface area contributed by atoms with Crippen molar-refractivity contribution in [2.24, 2.45) is 5.41 Å². The van der Waals surface area contributed by atoms with Gasteiger partial charge in [0, 0.05) is 20.1 Å². The first-order valence-corrected chi connectivity index (χ1v) is 4.19. The quantitative estimate of drug-likeness (QED) is 0.636. The standard InChI is InChI=1S/C9H13NO2/c1-12-6-5-9(7-10)4-2-3-8(9)11/h2-6H2,1H3. The summed E-state index contributed by atoms with van der Waals surface area (Å²) in [5, 5.41) is 8.89. The minimum Gasteiger partial charge on any atom is -0.385 e.